The molecular weight excluding hydrogens is 473 g/mol. The van der Waals surface area contributed by atoms with Gasteiger partial charge in [-0.1, -0.05) is 0 Å². The molecule has 0 spiro atoms. The number of nitrogens with zero attached hydrogens (tertiary/aromatic N) is 3. The predicted molar refractivity (Wildman–Crippen MR) is 120 cm³/mol. The summed E-state index contributed by atoms with van der Waals surface area (Å²) in [6.45, 7) is 0.426. The van der Waals surface area contributed by atoms with Crippen LogP contribution in [0.25, 0.3) is 10.9 Å². The lowest BCUT2D eigenvalue weighted by atomic mass is 9.83. The maximum atomic E-state index is 13.3. The first-order valence-electron chi connectivity index (χ1n) is 11.1. The molecule has 34 heavy (non-hydrogen) atoms. The van der Waals surface area contributed by atoms with Gasteiger partial charge in [0.2, 0.25) is 5.91 Å². The number of hydrogen-bond donors (Lipinski definition) is 1. The lowest BCUT2D eigenvalue weighted by molar-refractivity contribution is -0.137. The lowest BCUT2D eigenvalue weighted by Crippen LogP contribution is -2.49. The zero-order valence-corrected chi connectivity index (χ0v) is 19.7. The molecule has 1 saturated carbocycles. The number of sulfone groups is 1. The first-order valence-corrected chi connectivity index (χ1v) is 13.1. The molecule has 1 unspecified atom stereocenters. The minimum absolute atomic E-state index is 0.0316. The van der Waals surface area contributed by atoms with Crippen LogP contribution in [0.15, 0.2) is 24.5 Å². The Hall–Kier alpha value is -2.47. The number of aromatic nitrogens is 2. The van der Waals surface area contributed by atoms with Gasteiger partial charge in [0.15, 0.2) is 0 Å². The SMILES string of the molecule is CO[C@@H]1CC[C@H](N2CCC(Nc3ncnc4ccc(C(F)(F)F)cc34)C2=O)[C@H](CS(C)(=O)=O)C1. The number of hydrogen-bond acceptors (Lipinski definition) is 7. The molecule has 2 fully saturated rings. The number of rotatable bonds is 6. The van der Waals surface area contributed by atoms with E-state index in [4.69, 9.17) is 4.74 Å². The number of carbonyl (C=O) groups is 1. The summed E-state index contributed by atoms with van der Waals surface area (Å²) in [5.41, 5.74) is -0.491. The van der Waals surface area contributed by atoms with E-state index in [1.807, 2.05) is 0 Å². The van der Waals surface area contributed by atoms with Gasteiger partial charge < -0.3 is 15.0 Å². The molecule has 0 radical (unpaired) electrons. The molecule has 1 N–H and O–H groups in total. The van der Waals surface area contributed by atoms with E-state index in [-0.39, 0.29) is 40.9 Å². The Labute approximate surface area is 195 Å². The van der Waals surface area contributed by atoms with E-state index < -0.39 is 27.6 Å². The Morgan fingerprint density at radius 3 is 2.65 bits per heavy atom. The van der Waals surface area contributed by atoms with Crippen molar-refractivity contribution in [3.63, 3.8) is 0 Å². The van der Waals surface area contributed by atoms with Crippen molar-refractivity contribution in [3.8, 4) is 0 Å². The summed E-state index contributed by atoms with van der Waals surface area (Å²) in [6, 6.07) is 2.30. The number of alkyl halides is 3. The van der Waals surface area contributed by atoms with Crippen LogP contribution >= 0.6 is 0 Å². The van der Waals surface area contributed by atoms with Gasteiger partial charge >= 0.3 is 6.18 Å². The number of carbonyl (C=O) groups excluding carboxylic acids is 1. The Bertz CT molecular complexity index is 1170. The standard InChI is InChI=1S/C22H27F3N4O4S/c1-33-15-4-6-19(13(9-15)11-34(2,31)32)29-8-7-18(21(29)30)28-20-16-10-14(22(23,24)25)3-5-17(16)26-12-27-20/h3,5,10,12-13,15,18-19H,4,6-9,11H2,1-2H3,(H,26,27,28)/t13-,15+,18?,19-/m0/s1. The number of ether oxygens (including phenoxy) is 1. The summed E-state index contributed by atoms with van der Waals surface area (Å²) in [6.07, 6.45) is 0.186. The van der Waals surface area contributed by atoms with Gasteiger partial charge in [0.05, 0.1) is 22.9 Å². The summed E-state index contributed by atoms with van der Waals surface area (Å²) in [5, 5.41) is 3.19. The van der Waals surface area contributed by atoms with Crippen LogP contribution in [0.3, 0.4) is 0 Å². The molecule has 1 aliphatic heterocycles. The highest BCUT2D eigenvalue weighted by molar-refractivity contribution is 7.90. The minimum atomic E-state index is -4.52. The summed E-state index contributed by atoms with van der Waals surface area (Å²) >= 11 is 0. The van der Waals surface area contributed by atoms with Crippen LogP contribution in [0.5, 0.6) is 0 Å². The fourth-order valence-corrected chi connectivity index (χ4v) is 6.21. The second kappa shape index (κ2) is 9.29. The zero-order chi connectivity index (χ0) is 24.7. The molecule has 2 aliphatic rings. The van der Waals surface area contributed by atoms with Crippen molar-refractivity contribution < 1.29 is 31.1 Å². The van der Waals surface area contributed by atoms with Gasteiger partial charge in [-0.05, 0) is 49.8 Å². The van der Waals surface area contributed by atoms with Crippen molar-refractivity contribution in [2.45, 2.75) is 50.0 Å². The molecule has 1 saturated heterocycles. The van der Waals surface area contributed by atoms with E-state index in [1.165, 1.54) is 18.6 Å². The molecule has 4 rings (SSSR count). The molecule has 2 heterocycles. The monoisotopic (exact) mass is 500 g/mol. The Morgan fingerprint density at radius 1 is 1.21 bits per heavy atom. The molecule has 4 atom stereocenters. The molecule has 1 aliphatic carbocycles. The average molecular weight is 501 g/mol. The second-order valence-electron chi connectivity index (χ2n) is 9.06. The molecule has 1 aromatic heterocycles. The van der Waals surface area contributed by atoms with Crippen LogP contribution in [0.4, 0.5) is 19.0 Å². The first-order chi connectivity index (χ1) is 16.0. The number of likely N-dealkylation sites (tertiary alicyclic amines) is 1. The van der Waals surface area contributed by atoms with Crippen LogP contribution in [-0.2, 0) is 25.5 Å². The average Bonchev–Trinajstić information content (AvgIpc) is 3.11. The molecule has 12 heteroatoms. The van der Waals surface area contributed by atoms with Gasteiger partial charge in [-0.15, -0.1) is 0 Å². The summed E-state index contributed by atoms with van der Waals surface area (Å²) < 4.78 is 69.1. The van der Waals surface area contributed by atoms with Crippen LogP contribution in [0, 0.1) is 5.92 Å². The Balaban J connectivity index is 1.55. The number of anilines is 1. The Morgan fingerprint density at radius 2 is 1.97 bits per heavy atom. The summed E-state index contributed by atoms with van der Waals surface area (Å²) in [4.78, 5) is 23.1. The fraction of sp³-hybridized carbons (Fsp3) is 0.591. The van der Waals surface area contributed by atoms with Gasteiger partial charge in [0.25, 0.3) is 0 Å². The third kappa shape index (κ3) is 5.27. The molecule has 186 valence electrons. The van der Waals surface area contributed by atoms with Crippen LogP contribution in [-0.4, -0.2) is 73.0 Å². The number of halogens is 3. The van der Waals surface area contributed by atoms with Crippen molar-refractivity contribution in [1.29, 1.82) is 0 Å². The van der Waals surface area contributed by atoms with Crippen LogP contribution in [0.2, 0.25) is 0 Å². The van der Waals surface area contributed by atoms with E-state index >= 15 is 0 Å². The fourth-order valence-electron chi connectivity index (χ4n) is 5.08. The highest BCUT2D eigenvalue weighted by atomic mass is 32.2. The van der Waals surface area contributed by atoms with E-state index in [2.05, 4.69) is 15.3 Å². The summed E-state index contributed by atoms with van der Waals surface area (Å²) in [7, 11) is -1.66. The third-order valence-electron chi connectivity index (χ3n) is 6.66. The maximum absolute atomic E-state index is 13.3. The van der Waals surface area contributed by atoms with Gasteiger partial charge in [-0.2, -0.15) is 13.2 Å². The van der Waals surface area contributed by atoms with E-state index in [1.54, 1.807) is 12.0 Å². The van der Waals surface area contributed by atoms with Crippen molar-refractivity contribution in [2.24, 2.45) is 5.92 Å². The van der Waals surface area contributed by atoms with Crippen molar-refractivity contribution in [1.82, 2.24) is 14.9 Å². The number of fused-ring (bicyclic) bond motifs is 1. The van der Waals surface area contributed by atoms with Gasteiger partial charge in [0, 0.05) is 31.3 Å². The third-order valence-corrected chi connectivity index (χ3v) is 7.69. The normalized spacial score (nSPS) is 26.3. The van der Waals surface area contributed by atoms with Gasteiger partial charge in [-0.25, -0.2) is 18.4 Å². The lowest BCUT2D eigenvalue weighted by Gasteiger charge is -2.40. The van der Waals surface area contributed by atoms with Crippen molar-refractivity contribution in [3.05, 3.63) is 30.1 Å². The van der Waals surface area contributed by atoms with Crippen molar-refractivity contribution >= 4 is 32.5 Å². The topological polar surface area (TPSA) is 101 Å². The highest BCUT2D eigenvalue weighted by Crippen LogP contribution is 2.35. The number of methoxy groups -OCH3 is 1. The van der Waals surface area contributed by atoms with E-state index in [0.29, 0.717) is 31.3 Å². The van der Waals surface area contributed by atoms with Crippen molar-refractivity contribution in [2.75, 3.05) is 31.0 Å². The smallest absolute Gasteiger partial charge is 0.381 e. The van der Waals surface area contributed by atoms with Crippen LogP contribution < -0.4 is 5.32 Å². The molecular formula is C22H27F3N4O4S. The largest absolute Gasteiger partial charge is 0.416 e. The van der Waals surface area contributed by atoms with Crippen LogP contribution in [0.1, 0.15) is 31.2 Å². The van der Waals surface area contributed by atoms with E-state index in [9.17, 15) is 26.4 Å². The summed E-state index contributed by atoms with van der Waals surface area (Å²) in [5.74, 6) is -0.327. The molecule has 1 aromatic carbocycles. The van der Waals surface area contributed by atoms with Gasteiger partial charge in [-0.3, -0.25) is 4.79 Å². The highest BCUT2D eigenvalue weighted by Gasteiger charge is 2.43. The predicted octanol–water partition coefficient (Wildman–Crippen LogP) is 2.89. The molecule has 0 bridgehead atoms. The number of amides is 1. The Kier molecular flexibility index (Phi) is 6.74. The zero-order valence-electron chi connectivity index (χ0n) is 18.9. The maximum Gasteiger partial charge on any atom is 0.416 e. The van der Waals surface area contributed by atoms with E-state index in [0.717, 1.165) is 18.6 Å². The quantitative estimate of drug-likeness (QED) is 0.651. The minimum Gasteiger partial charge on any atom is -0.381 e. The second-order valence-corrected chi connectivity index (χ2v) is 11.2. The molecule has 8 nitrogen and oxygen atoms in total. The molecule has 1 amide bonds. The first kappa shape index (κ1) is 24.6. The van der Waals surface area contributed by atoms with Gasteiger partial charge in [0.1, 0.15) is 28.0 Å². The number of benzene rings is 1. The molecule has 2 aromatic rings. The number of nitrogens with one attached hydrogen (secondary N) is 1.